The number of hydrogen-bond acceptors (Lipinski definition) is 4. The van der Waals surface area contributed by atoms with Crippen molar-refractivity contribution in [3.05, 3.63) is 17.5 Å². The number of carbonyl (C=O) groups excluding carboxylic acids is 1. The minimum atomic E-state index is -0.377. The first-order valence-electron chi connectivity index (χ1n) is 7.36. The molecule has 1 amide bonds. The maximum absolute atomic E-state index is 12.2. The van der Waals surface area contributed by atoms with Crippen molar-refractivity contribution in [3.63, 3.8) is 0 Å². The van der Waals surface area contributed by atoms with E-state index in [0.29, 0.717) is 25.2 Å². The number of β-amino-alcohol motifs (C(OH)–C–C–N with tert-alkyl or cyclic N) is 1. The Balaban J connectivity index is 0.000000704. The molecule has 1 fully saturated rings. The minimum absolute atomic E-state index is 0.0592. The highest BCUT2D eigenvalue weighted by Gasteiger charge is 2.28. The number of rotatable bonds is 1. The van der Waals surface area contributed by atoms with Gasteiger partial charge < -0.3 is 10.0 Å². The molecular weight excluding hydrogens is 256 g/mol. The smallest absolute Gasteiger partial charge is 0.274 e. The Morgan fingerprint density at radius 3 is 2.75 bits per heavy atom. The van der Waals surface area contributed by atoms with Crippen LogP contribution in [0.4, 0.5) is 0 Å². The molecule has 0 aromatic carbocycles. The van der Waals surface area contributed by atoms with Crippen molar-refractivity contribution >= 4 is 5.91 Å². The first-order chi connectivity index (χ1) is 9.63. The summed E-state index contributed by atoms with van der Waals surface area (Å²) in [5, 5.41) is 13.8. The van der Waals surface area contributed by atoms with Crippen LogP contribution in [0.1, 0.15) is 36.5 Å². The molecule has 112 valence electrons. The standard InChI is InChI=1S/C12H18N4O2.C2H6/c1-14-4-5-16-9(7-14)6-11(13-16)12(18)15-3-2-10(17)8-15;1-2/h6,10,17H,2-5,7-8H2,1H3;1-2H3. The molecule has 20 heavy (non-hydrogen) atoms. The van der Waals surface area contributed by atoms with E-state index in [4.69, 9.17) is 0 Å². The summed E-state index contributed by atoms with van der Waals surface area (Å²) in [7, 11) is 2.06. The summed E-state index contributed by atoms with van der Waals surface area (Å²) in [4.78, 5) is 16.1. The Hall–Kier alpha value is -1.40. The van der Waals surface area contributed by atoms with Crippen LogP contribution >= 0.6 is 0 Å². The molecule has 2 aliphatic rings. The van der Waals surface area contributed by atoms with E-state index in [9.17, 15) is 9.90 Å². The van der Waals surface area contributed by atoms with E-state index in [1.54, 1.807) is 4.90 Å². The molecule has 1 atom stereocenters. The molecule has 6 nitrogen and oxygen atoms in total. The zero-order valence-corrected chi connectivity index (χ0v) is 12.5. The zero-order valence-electron chi connectivity index (χ0n) is 12.5. The van der Waals surface area contributed by atoms with E-state index in [1.165, 1.54) is 0 Å². The van der Waals surface area contributed by atoms with Gasteiger partial charge >= 0.3 is 0 Å². The molecule has 0 spiro atoms. The molecule has 1 unspecified atom stereocenters. The number of aliphatic hydroxyl groups excluding tert-OH is 1. The monoisotopic (exact) mass is 280 g/mol. The van der Waals surface area contributed by atoms with E-state index in [2.05, 4.69) is 17.0 Å². The van der Waals surface area contributed by atoms with Crippen molar-refractivity contribution in [2.45, 2.75) is 39.5 Å². The number of nitrogens with zero attached hydrogens (tertiary/aromatic N) is 4. The molecule has 1 saturated heterocycles. The molecule has 0 aliphatic carbocycles. The predicted molar refractivity (Wildman–Crippen MR) is 76.4 cm³/mol. The summed E-state index contributed by atoms with van der Waals surface area (Å²) in [6.07, 6.45) is 0.291. The topological polar surface area (TPSA) is 61.6 Å². The molecule has 1 aromatic rings. The molecule has 1 N–H and O–H groups in total. The zero-order chi connectivity index (χ0) is 14.7. The third-order valence-electron chi connectivity index (χ3n) is 3.66. The number of likely N-dealkylation sites (N-methyl/N-ethyl adjacent to an activating group) is 1. The lowest BCUT2D eigenvalue weighted by atomic mass is 10.3. The van der Waals surface area contributed by atoms with Crippen molar-refractivity contribution in [2.75, 3.05) is 26.7 Å². The summed E-state index contributed by atoms with van der Waals surface area (Å²) >= 11 is 0. The first kappa shape index (κ1) is 15.0. The molecule has 6 heteroatoms. The van der Waals surface area contributed by atoms with Crippen LogP contribution in [0.2, 0.25) is 0 Å². The highest BCUT2D eigenvalue weighted by molar-refractivity contribution is 5.92. The summed E-state index contributed by atoms with van der Waals surface area (Å²) < 4.78 is 1.92. The number of likely N-dealkylation sites (tertiary alicyclic amines) is 1. The van der Waals surface area contributed by atoms with Gasteiger partial charge in [0.15, 0.2) is 5.69 Å². The lowest BCUT2D eigenvalue weighted by molar-refractivity contribution is 0.0758. The third-order valence-corrected chi connectivity index (χ3v) is 3.66. The van der Waals surface area contributed by atoms with E-state index in [1.807, 2.05) is 24.6 Å². The van der Waals surface area contributed by atoms with Crippen LogP contribution < -0.4 is 0 Å². The maximum atomic E-state index is 12.2. The molecule has 0 saturated carbocycles. The fourth-order valence-corrected chi connectivity index (χ4v) is 2.59. The third kappa shape index (κ3) is 3.02. The molecular formula is C14H24N4O2. The van der Waals surface area contributed by atoms with E-state index in [0.717, 1.165) is 25.3 Å². The lowest BCUT2D eigenvalue weighted by Crippen LogP contribution is -2.31. The van der Waals surface area contributed by atoms with Crippen LogP contribution in [-0.4, -0.2) is 63.4 Å². The van der Waals surface area contributed by atoms with Crippen molar-refractivity contribution in [2.24, 2.45) is 0 Å². The maximum Gasteiger partial charge on any atom is 0.274 e. The fraction of sp³-hybridized carbons (Fsp3) is 0.714. The van der Waals surface area contributed by atoms with Crippen molar-refractivity contribution in [3.8, 4) is 0 Å². The van der Waals surface area contributed by atoms with Gasteiger partial charge in [-0.2, -0.15) is 5.10 Å². The average Bonchev–Trinajstić information content (AvgIpc) is 3.06. The van der Waals surface area contributed by atoms with Crippen LogP contribution in [0, 0.1) is 0 Å². The van der Waals surface area contributed by atoms with Gasteiger partial charge in [-0.15, -0.1) is 0 Å². The van der Waals surface area contributed by atoms with Gasteiger partial charge in [0.05, 0.1) is 18.3 Å². The average molecular weight is 280 g/mol. The van der Waals surface area contributed by atoms with Gasteiger partial charge in [-0.3, -0.25) is 14.4 Å². The van der Waals surface area contributed by atoms with Gasteiger partial charge in [-0.25, -0.2) is 0 Å². The number of aromatic nitrogens is 2. The Morgan fingerprint density at radius 1 is 1.35 bits per heavy atom. The second kappa shape index (κ2) is 6.37. The lowest BCUT2D eigenvalue weighted by Gasteiger charge is -2.22. The number of hydrogen-bond donors (Lipinski definition) is 1. The summed E-state index contributed by atoms with van der Waals surface area (Å²) in [6.45, 7) is 7.69. The van der Waals surface area contributed by atoms with Gasteiger partial charge in [0.2, 0.25) is 0 Å². The summed E-state index contributed by atoms with van der Waals surface area (Å²) in [6, 6.07) is 1.88. The van der Waals surface area contributed by atoms with Crippen molar-refractivity contribution in [1.82, 2.24) is 19.6 Å². The van der Waals surface area contributed by atoms with Gasteiger partial charge in [0, 0.05) is 26.2 Å². The highest BCUT2D eigenvalue weighted by atomic mass is 16.3. The Bertz CT molecular complexity index is 472. The number of fused-ring (bicyclic) bond motifs is 1. The molecule has 1 aromatic heterocycles. The fourth-order valence-electron chi connectivity index (χ4n) is 2.59. The van der Waals surface area contributed by atoms with E-state index >= 15 is 0 Å². The van der Waals surface area contributed by atoms with Gasteiger partial charge in [0.1, 0.15) is 0 Å². The highest BCUT2D eigenvalue weighted by Crippen LogP contribution is 2.16. The second-order valence-corrected chi connectivity index (χ2v) is 5.18. The first-order valence-corrected chi connectivity index (χ1v) is 7.36. The van der Waals surface area contributed by atoms with Gasteiger partial charge in [-0.05, 0) is 19.5 Å². The van der Waals surface area contributed by atoms with Crippen LogP contribution in [-0.2, 0) is 13.1 Å². The molecule has 3 heterocycles. The van der Waals surface area contributed by atoms with Gasteiger partial charge in [-0.1, -0.05) is 13.8 Å². The molecule has 0 radical (unpaired) electrons. The SMILES string of the molecule is CC.CN1CCn2nc(C(=O)N3CCC(O)C3)cc2C1. The molecule has 3 rings (SSSR count). The Kier molecular flexibility index (Phi) is 4.77. The summed E-state index contributed by atoms with van der Waals surface area (Å²) in [5.74, 6) is -0.0592. The Morgan fingerprint density at radius 2 is 2.10 bits per heavy atom. The van der Waals surface area contributed by atoms with Crippen LogP contribution in [0.15, 0.2) is 6.07 Å². The number of aliphatic hydroxyl groups is 1. The van der Waals surface area contributed by atoms with Crippen molar-refractivity contribution in [1.29, 1.82) is 0 Å². The Labute approximate surface area is 120 Å². The van der Waals surface area contributed by atoms with Crippen LogP contribution in [0.25, 0.3) is 0 Å². The predicted octanol–water partition coefficient (Wildman–Crippen LogP) is 0.561. The second-order valence-electron chi connectivity index (χ2n) is 5.18. The summed E-state index contributed by atoms with van der Waals surface area (Å²) in [5.41, 5.74) is 1.60. The normalized spacial score (nSPS) is 22.2. The van der Waals surface area contributed by atoms with Crippen LogP contribution in [0.5, 0.6) is 0 Å². The quantitative estimate of drug-likeness (QED) is 0.816. The number of amides is 1. The number of carbonyl (C=O) groups is 1. The van der Waals surface area contributed by atoms with Crippen LogP contribution in [0.3, 0.4) is 0 Å². The van der Waals surface area contributed by atoms with E-state index in [-0.39, 0.29) is 12.0 Å². The van der Waals surface area contributed by atoms with Crippen molar-refractivity contribution < 1.29 is 9.90 Å². The van der Waals surface area contributed by atoms with E-state index < -0.39 is 0 Å². The van der Waals surface area contributed by atoms with Gasteiger partial charge in [0.25, 0.3) is 5.91 Å². The molecule has 2 aliphatic heterocycles. The minimum Gasteiger partial charge on any atom is -0.391 e. The molecule has 0 bridgehead atoms. The largest absolute Gasteiger partial charge is 0.391 e.